The molecule has 0 aromatic carbocycles. The average Bonchev–Trinajstić information content (AvgIpc) is 2.69. The SMILES string of the molecule is NC(=O)CN1C(=O)NC2(CCNC2)C1=O. The molecule has 1 atom stereocenters. The van der Waals surface area contributed by atoms with Crippen LogP contribution in [0.1, 0.15) is 6.42 Å². The van der Waals surface area contributed by atoms with Crippen LogP contribution >= 0.6 is 0 Å². The van der Waals surface area contributed by atoms with Gasteiger partial charge >= 0.3 is 6.03 Å². The predicted octanol–water partition coefficient (Wildman–Crippen LogP) is -2.24. The molecule has 0 aliphatic carbocycles. The summed E-state index contributed by atoms with van der Waals surface area (Å²) in [5.41, 5.74) is 4.10. The van der Waals surface area contributed by atoms with Crippen molar-refractivity contribution in [3.8, 4) is 0 Å². The molecule has 0 radical (unpaired) electrons. The minimum atomic E-state index is -0.855. The fraction of sp³-hybridized carbons (Fsp3) is 0.625. The Kier molecular flexibility index (Phi) is 2.11. The molecule has 15 heavy (non-hydrogen) atoms. The lowest BCUT2D eigenvalue weighted by Crippen LogP contribution is -2.49. The summed E-state index contributed by atoms with van der Waals surface area (Å²) in [4.78, 5) is 34.9. The summed E-state index contributed by atoms with van der Waals surface area (Å²) in [5.74, 6) is -1.06. The van der Waals surface area contributed by atoms with Crippen LogP contribution in [-0.2, 0) is 9.59 Å². The summed E-state index contributed by atoms with van der Waals surface area (Å²) in [6.45, 7) is 0.732. The summed E-state index contributed by atoms with van der Waals surface area (Å²) in [6, 6.07) is -0.539. The van der Waals surface area contributed by atoms with Crippen molar-refractivity contribution in [3.63, 3.8) is 0 Å². The third kappa shape index (κ3) is 1.44. The Morgan fingerprint density at radius 3 is 2.80 bits per heavy atom. The lowest BCUT2D eigenvalue weighted by molar-refractivity contribution is -0.133. The minimum absolute atomic E-state index is 0.355. The number of nitrogens with one attached hydrogen (secondary N) is 2. The molecule has 7 heteroatoms. The Hall–Kier alpha value is -1.63. The second-order valence-corrected chi connectivity index (χ2v) is 3.80. The largest absolute Gasteiger partial charge is 0.368 e. The Bertz CT molecular complexity index is 335. The molecule has 0 bridgehead atoms. The van der Waals surface area contributed by atoms with Crippen LogP contribution in [0, 0.1) is 0 Å². The van der Waals surface area contributed by atoms with Crippen molar-refractivity contribution in [1.29, 1.82) is 0 Å². The zero-order valence-corrected chi connectivity index (χ0v) is 8.08. The molecule has 2 aliphatic rings. The van der Waals surface area contributed by atoms with Crippen LogP contribution in [0.3, 0.4) is 0 Å². The normalized spacial score (nSPS) is 30.0. The van der Waals surface area contributed by atoms with Gasteiger partial charge in [-0.1, -0.05) is 0 Å². The zero-order chi connectivity index (χ0) is 11.1. The predicted molar refractivity (Wildman–Crippen MR) is 49.7 cm³/mol. The first-order chi connectivity index (χ1) is 7.05. The van der Waals surface area contributed by atoms with Crippen LogP contribution in [0.2, 0.25) is 0 Å². The van der Waals surface area contributed by atoms with Gasteiger partial charge in [0.2, 0.25) is 5.91 Å². The number of hydrogen-bond donors (Lipinski definition) is 3. The second-order valence-electron chi connectivity index (χ2n) is 3.80. The van der Waals surface area contributed by atoms with Gasteiger partial charge < -0.3 is 16.4 Å². The van der Waals surface area contributed by atoms with Crippen molar-refractivity contribution in [1.82, 2.24) is 15.5 Å². The number of hydrogen-bond acceptors (Lipinski definition) is 4. The fourth-order valence-electron chi connectivity index (χ4n) is 1.96. The van der Waals surface area contributed by atoms with E-state index in [-0.39, 0.29) is 12.5 Å². The summed E-state index contributed by atoms with van der Waals surface area (Å²) >= 11 is 0. The maximum absolute atomic E-state index is 11.9. The number of primary amides is 1. The van der Waals surface area contributed by atoms with Crippen molar-refractivity contribution in [2.75, 3.05) is 19.6 Å². The van der Waals surface area contributed by atoms with E-state index in [0.717, 1.165) is 4.90 Å². The number of nitrogens with two attached hydrogens (primary N) is 1. The van der Waals surface area contributed by atoms with Gasteiger partial charge in [0, 0.05) is 6.54 Å². The summed E-state index contributed by atoms with van der Waals surface area (Å²) in [6.07, 6.45) is 0.548. The number of carbonyl (C=O) groups is 3. The van der Waals surface area contributed by atoms with Crippen LogP contribution < -0.4 is 16.4 Å². The highest BCUT2D eigenvalue weighted by molar-refractivity contribution is 6.09. The molecule has 1 unspecified atom stereocenters. The summed E-state index contributed by atoms with van der Waals surface area (Å²) in [5, 5.41) is 5.60. The van der Waals surface area contributed by atoms with Crippen molar-refractivity contribution in [2.45, 2.75) is 12.0 Å². The highest BCUT2D eigenvalue weighted by Crippen LogP contribution is 2.23. The van der Waals surface area contributed by atoms with Crippen LogP contribution in [0.5, 0.6) is 0 Å². The van der Waals surface area contributed by atoms with E-state index in [9.17, 15) is 14.4 Å². The van der Waals surface area contributed by atoms with Gasteiger partial charge in [0.1, 0.15) is 12.1 Å². The van der Waals surface area contributed by atoms with Crippen LogP contribution in [-0.4, -0.2) is 47.9 Å². The highest BCUT2D eigenvalue weighted by atomic mass is 16.2. The number of nitrogens with zero attached hydrogens (tertiary/aromatic N) is 1. The average molecular weight is 212 g/mol. The highest BCUT2D eigenvalue weighted by Gasteiger charge is 2.52. The molecule has 4 N–H and O–H groups in total. The van der Waals surface area contributed by atoms with E-state index >= 15 is 0 Å². The van der Waals surface area contributed by atoms with Crippen molar-refractivity contribution in [2.24, 2.45) is 5.73 Å². The first kappa shape index (κ1) is 9.91. The zero-order valence-electron chi connectivity index (χ0n) is 8.08. The number of imide groups is 1. The molecule has 2 heterocycles. The van der Waals surface area contributed by atoms with E-state index in [1.165, 1.54) is 0 Å². The minimum Gasteiger partial charge on any atom is -0.368 e. The number of amides is 4. The molecule has 1 spiro atoms. The molecule has 4 amide bonds. The number of rotatable bonds is 2. The van der Waals surface area contributed by atoms with Crippen LogP contribution in [0.4, 0.5) is 4.79 Å². The van der Waals surface area contributed by atoms with Gasteiger partial charge in [0.05, 0.1) is 0 Å². The Morgan fingerprint density at radius 1 is 1.53 bits per heavy atom. The standard InChI is InChI=1S/C8H12N4O3/c9-5(13)3-12-6(14)8(11-7(12)15)1-2-10-4-8/h10H,1-4H2,(H2,9,13)(H,11,15). The van der Waals surface area contributed by atoms with E-state index in [2.05, 4.69) is 10.6 Å². The van der Waals surface area contributed by atoms with E-state index in [1.807, 2.05) is 0 Å². The fourth-order valence-corrected chi connectivity index (χ4v) is 1.96. The topological polar surface area (TPSA) is 105 Å². The smallest absolute Gasteiger partial charge is 0.325 e. The van der Waals surface area contributed by atoms with Gasteiger partial charge in [-0.25, -0.2) is 4.79 Å². The first-order valence-corrected chi connectivity index (χ1v) is 4.68. The van der Waals surface area contributed by atoms with Gasteiger partial charge in [-0.05, 0) is 13.0 Å². The van der Waals surface area contributed by atoms with Crippen LogP contribution in [0.15, 0.2) is 0 Å². The molecule has 7 nitrogen and oxygen atoms in total. The Balaban J connectivity index is 2.19. The molecular weight excluding hydrogens is 200 g/mol. The number of urea groups is 1. The number of carbonyl (C=O) groups excluding carboxylic acids is 3. The van der Waals surface area contributed by atoms with Gasteiger partial charge in [0.15, 0.2) is 0 Å². The van der Waals surface area contributed by atoms with Crippen molar-refractivity contribution >= 4 is 17.8 Å². The van der Waals surface area contributed by atoms with Crippen molar-refractivity contribution in [3.05, 3.63) is 0 Å². The van der Waals surface area contributed by atoms with E-state index < -0.39 is 17.5 Å². The lowest BCUT2D eigenvalue weighted by atomic mass is 9.99. The Morgan fingerprint density at radius 2 is 2.27 bits per heavy atom. The maximum atomic E-state index is 11.9. The molecule has 82 valence electrons. The third-order valence-electron chi connectivity index (χ3n) is 2.72. The van der Waals surface area contributed by atoms with Gasteiger partial charge in [0.25, 0.3) is 5.91 Å². The Labute approximate surface area is 86.0 Å². The first-order valence-electron chi connectivity index (χ1n) is 4.68. The molecule has 2 rings (SSSR count). The summed E-state index contributed by atoms with van der Waals surface area (Å²) < 4.78 is 0. The van der Waals surface area contributed by atoms with Crippen LogP contribution in [0.25, 0.3) is 0 Å². The summed E-state index contributed by atoms with van der Waals surface area (Å²) in [7, 11) is 0. The van der Waals surface area contributed by atoms with E-state index in [0.29, 0.717) is 19.5 Å². The lowest BCUT2D eigenvalue weighted by Gasteiger charge is -2.18. The van der Waals surface area contributed by atoms with E-state index in [4.69, 9.17) is 5.73 Å². The molecule has 2 fully saturated rings. The second kappa shape index (κ2) is 3.20. The molecule has 2 saturated heterocycles. The van der Waals surface area contributed by atoms with Gasteiger partial charge in [-0.2, -0.15) is 0 Å². The maximum Gasteiger partial charge on any atom is 0.325 e. The quantitative estimate of drug-likeness (QED) is 0.450. The monoisotopic (exact) mass is 212 g/mol. The molecular formula is C8H12N4O3. The third-order valence-corrected chi connectivity index (χ3v) is 2.72. The molecule has 0 aromatic rings. The molecule has 0 saturated carbocycles. The van der Waals surface area contributed by atoms with Gasteiger partial charge in [-0.15, -0.1) is 0 Å². The molecule has 2 aliphatic heterocycles. The van der Waals surface area contributed by atoms with Gasteiger partial charge in [-0.3, -0.25) is 14.5 Å². The molecule has 0 aromatic heterocycles. The van der Waals surface area contributed by atoms with Crippen molar-refractivity contribution < 1.29 is 14.4 Å². The van der Waals surface area contributed by atoms with E-state index in [1.54, 1.807) is 0 Å².